The number of aliphatic hydroxyl groups excluding tert-OH is 1. The Morgan fingerprint density at radius 1 is 1.35 bits per heavy atom. The van der Waals surface area contributed by atoms with E-state index >= 15 is 0 Å². The summed E-state index contributed by atoms with van der Waals surface area (Å²) in [6.45, 7) is 0.294. The standard InChI is InChI=1S/C14H17FN2O3/c15-11-4-2-10(3-5-11)8-12(19)17-13(20)14(9-18)6-1-7-16-14/h2-5,16,18H,1,6-9H2,(H,17,19,20). The predicted octanol–water partition coefficient (Wildman–Crippen LogP) is 0.126. The van der Waals surface area contributed by atoms with Crippen molar-refractivity contribution in [3.63, 3.8) is 0 Å². The van der Waals surface area contributed by atoms with Crippen molar-refractivity contribution >= 4 is 11.8 Å². The van der Waals surface area contributed by atoms with E-state index in [4.69, 9.17) is 0 Å². The lowest BCUT2D eigenvalue weighted by Gasteiger charge is -2.25. The molecule has 2 amide bonds. The molecule has 20 heavy (non-hydrogen) atoms. The van der Waals surface area contributed by atoms with Crippen LogP contribution in [0.4, 0.5) is 4.39 Å². The molecule has 1 unspecified atom stereocenters. The molecule has 0 bridgehead atoms. The van der Waals surface area contributed by atoms with E-state index in [2.05, 4.69) is 10.6 Å². The Labute approximate surface area is 116 Å². The Morgan fingerprint density at radius 3 is 2.60 bits per heavy atom. The van der Waals surface area contributed by atoms with Gasteiger partial charge in [0.15, 0.2) is 0 Å². The second-order valence-electron chi connectivity index (χ2n) is 4.95. The molecule has 1 atom stereocenters. The molecule has 0 radical (unpaired) electrons. The molecule has 1 aromatic carbocycles. The summed E-state index contributed by atoms with van der Waals surface area (Å²) in [7, 11) is 0. The van der Waals surface area contributed by atoms with Crippen LogP contribution in [0.1, 0.15) is 18.4 Å². The highest BCUT2D eigenvalue weighted by Gasteiger charge is 2.40. The Kier molecular flexibility index (Phi) is 4.46. The quantitative estimate of drug-likeness (QED) is 0.732. The molecule has 0 spiro atoms. The number of carbonyl (C=O) groups excluding carboxylic acids is 2. The van der Waals surface area contributed by atoms with Gasteiger partial charge in [0.05, 0.1) is 13.0 Å². The summed E-state index contributed by atoms with van der Waals surface area (Å²) in [6.07, 6.45) is 1.27. The maximum Gasteiger partial charge on any atom is 0.249 e. The molecule has 1 aliphatic heterocycles. The third kappa shape index (κ3) is 3.20. The molecule has 1 saturated heterocycles. The van der Waals surface area contributed by atoms with Gasteiger partial charge in [-0.1, -0.05) is 12.1 Å². The van der Waals surface area contributed by atoms with Gasteiger partial charge in [0, 0.05) is 0 Å². The summed E-state index contributed by atoms with van der Waals surface area (Å²) in [5, 5.41) is 14.6. The number of imide groups is 1. The fourth-order valence-corrected chi connectivity index (χ4v) is 2.28. The van der Waals surface area contributed by atoms with Crippen LogP contribution >= 0.6 is 0 Å². The third-order valence-electron chi connectivity index (χ3n) is 3.48. The highest BCUT2D eigenvalue weighted by atomic mass is 19.1. The molecule has 0 aromatic heterocycles. The van der Waals surface area contributed by atoms with Crippen LogP contribution in [-0.2, 0) is 16.0 Å². The van der Waals surface area contributed by atoms with Gasteiger partial charge in [-0.05, 0) is 37.1 Å². The van der Waals surface area contributed by atoms with Crippen molar-refractivity contribution in [2.24, 2.45) is 0 Å². The molecule has 0 saturated carbocycles. The van der Waals surface area contributed by atoms with Crippen molar-refractivity contribution in [2.75, 3.05) is 13.2 Å². The van der Waals surface area contributed by atoms with E-state index in [1.807, 2.05) is 0 Å². The molecular weight excluding hydrogens is 263 g/mol. The van der Waals surface area contributed by atoms with Crippen LogP contribution < -0.4 is 10.6 Å². The van der Waals surface area contributed by atoms with Crippen LogP contribution in [0, 0.1) is 5.82 Å². The third-order valence-corrected chi connectivity index (χ3v) is 3.48. The number of hydrogen-bond acceptors (Lipinski definition) is 4. The molecule has 108 valence electrons. The van der Waals surface area contributed by atoms with Crippen molar-refractivity contribution in [2.45, 2.75) is 24.8 Å². The Balaban J connectivity index is 1.94. The fourth-order valence-electron chi connectivity index (χ4n) is 2.28. The van der Waals surface area contributed by atoms with Gasteiger partial charge in [0.2, 0.25) is 11.8 Å². The normalized spacial score (nSPS) is 21.7. The molecule has 5 nitrogen and oxygen atoms in total. The highest BCUT2D eigenvalue weighted by Crippen LogP contribution is 2.18. The van der Waals surface area contributed by atoms with E-state index < -0.39 is 17.4 Å². The number of hydrogen-bond donors (Lipinski definition) is 3. The van der Waals surface area contributed by atoms with Crippen molar-refractivity contribution in [1.82, 2.24) is 10.6 Å². The second kappa shape index (κ2) is 6.11. The van der Waals surface area contributed by atoms with Crippen LogP contribution in [0.5, 0.6) is 0 Å². The average molecular weight is 280 g/mol. The Hall–Kier alpha value is -1.79. The molecule has 1 fully saturated rings. The van der Waals surface area contributed by atoms with E-state index in [9.17, 15) is 19.1 Å². The molecule has 6 heteroatoms. The molecule has 1 heterocycles. The van der Waals surface area contributed by atoms with E-state index in [-0.39, 0.29) is 18.8 Å². The average Bonchev–Trinajstić information content (AvgIpc) is 2.91. The van der Waals surface area contributed by atoms with Crippen molar-refractivity contribution in [1.29, 1.82) is 0 Å². The molecule has 3 N–H and O–H groups in total. The minimum Gasteiger partial charge on any atom is -0.394 e. The minimum absolute atomic E-state index is 0.00642. The zero-order valence-corrected chi connectivity index (χ0v) is 11.0. The lowest BCUT2D eigenvalue weighted by atomic mass is 9.97. The molecule has 2 rings (SSSR count). The predicted molar refractivity (Wildman–Crippen MR) is 70.3 cm³/mol. The summed E-state index contributed by atoms with van der Waals surface area (Å²) in [5.41, 5.74) is -0.438. The van der Waals surface area contributed by atoms with E-state index in [1.165, 1.54) is 24.3 Å². The lowest BCUT2D eigenvalue weighted by Crippen LogP contribution is -2.57. The molecule has 1 aromatic rings. The van der Waals surface area contributed by atoms with E-state index in [0.29, 0.717) is 18.5 Å². The number of benzene rings is 1. The number of aliphatic hydroxyl groups is 1. The highest BCUT2D eigenvalue weighted by molar-refractivity contribution is 6.00. The van der Waals surface area contributed by atoms with Gasteiger partial charge >= 0.3 is 0 Å². The summed E-state index contributed by atoms with van der Waals surface area (Å²) >= 11 is 0. The van der Waals surface area contributed by atoms with Crippen molar-refractivity contribution in [3.05, 3.63) is 35.6 Å². The molecular formula is C14H17FN2O3. The molecule has 0 aliphatic carbocycles. The van der Waals surface area contributed by atoms with E-state index in [1.54, 1.807) is 0 Å². The van der Waals surface area contributed by atoms with Gasteiger partial charge in [-0.2, -0.15) is 0 Å². The maximum atomic E-state index is 12.7. The number of halogens is 1. The zero-order valence-electron chi connectivity index (χ0n) is 11.0. The molecule has 1 aliphatic rings. The first-order valence-corrected chi connectivity index (χ1v) is 6.50. The SMILES string of the molecule is O=C(Cc1ccc(F)cc1)NC(=O)C1(CO)CCCN1. The van der Waals surface area contributed by atoms with Crippen LogP contribution in [0.3, 0.4) is 0 Å². The summed E-state index contributed by atoms with van der Waals surface area (Å²) in [5.74, 6) is -1.35. The van der Waals surface area contributed by atoms with Crippen LogP contribution in [-0.4, -0.2) is 35.6 Å². The lowest BCUT2D eigenvalue weighted by molar-refractivity contribution is -0.135. The number of amides is 2. The first-order valence-electron chi connectivity index (χ1n) is 6.50. The summed E-state index contributed by atoms with van der Waals surface area (Å²) in [4.78, 5) is 23.8. The van der Waals surface area contributed by atoms with Gasteiger partial charge < -0.3 is 10.4 Å². The number of carbonyl (C=O) groups is 2. The first-order chi connectivity index (χ1) is 9.55. The van der Waals surface area contributed by atoms with Gasteiger partial charge in [0.1, 0.15) is 11.4 Å². The smallest absolute Gasteiger partial charge is 0.249 e. The Bertz CT molecular complexity index is 496. The largest absolute Gasteiger partial charge is 0.394 e. The second-order valence-corrected chi connectivity index (χ2v) is 4.95. The zero-order chi connectivity index (χ0) is 14.6. The number of nitrogens with one attached hydrogen (secondary N) is 2. The number of rotatable bonds is 4. The fraction of sp³-hybridized carbons (Fsp3) is 0.429. The van der Waals surface area contributed by atoms with Gasteiger partial charge in [-0.15, -0.1) is 0 Å². The van der Waals surface area contributed by atoms with E-state index in [0.717, 1.165) is 6.42 Å². The minimum atomic E-state index is -1.06. The maximum absolute atomic E-state index is 12.7. The van der Waals surface area contributed by atoms with Crippen molar-refractivity contribution in [3.8, 4) is 0 Å². The monoisotopic (exact) mass is 280 g/mol. The van der Waals surface area contributed by atoms with Gasteiger partial charge in [-0.25, -0.2) is 4.39 Å². The van der Waals surface area contributed by atoms with Gasteiger partial charge in [-0.3, -0.25) is 14.9 Å². The van der Waals surface area contributed by atoms with Crippen LogP contribution in [0.15, 0.2) is 24.3 Å². The summed E-state index contributed by atoms with van der Waals surface area (Å²) < 4.78 is 12.7. The van der Waals surface area contributed by atoms with Crippen LogP contribution in [0.2, 0.25) is 0 Å². The summed E-state index contributed by atoms with van der Waals surface area (Å²) in [6, 6.07) is 5.51. The first kappa shape index (κ1) is 14.6. The van der Waals surface area contributed by atoms with Crippen molar-refractivity contribution < 1.29 is 19.1 Å². The topological polar surface area (TPSA) is 78.4 Å². The Morgan fingerprint density at radius 2 is 2.05 bits per heavy atom. The van der Waals surface area contributed by atoms with Crippen LogP contribution in [0.25, 0.3) is 0 Å². The van der Waals surface area contributed by atoms with Gasteiger partial charge in [0.25, 0.3) is 0 Å².